The number of pyridine rings is 1. The third-order valence-corrected chi connectivity index (χ3v) is 4.70. The monoisotopic (exact) mass is 390 g/mol. The average Bonchev–Trinajstić information content (AvgIpc) is 2.50. The summed E-state index contributed by atoms with van der Waals surface area (Å²) in [5.41, 5.74) is 3.92. The first kappa shape index (κ1) is 14.2. The number of nitrogens with one attached hydrogen (secondary N) is 1. The lowest BCUT2D eigenvalue weighted by Gasteiger charge is -2.10. The standard InChI is InChI=1S/C16H15IN4/c1-9-8-13(20-12-7-5-4-6-11(9)12)15-19-10(2)14(17)16(18-3)21-15/h4-8H,1-3H3,(H,18,19,21). The van der Waals surface area contributed by atoms with Crippen molar-refractivity contribution in [3.8, 4) is 11.5 Å². The Kier molecular flexibility index (Phi) is 3.75. The first-order chi connectivity index (χ1) is 10.1. The molecular formula is C16H15IN4. The Hall–Kier alpha value is -1.76. The van der Waals surface area contributed by atoms with E-state index in [9.17, 15) is 0 Å². The highest BCUT2D eigenvalue weighted by Gasteiger charge is 2.12. The maximum absolute atomic E-state index is 4.70. The Morgan fingerprint density at radius 3 is 2.57 bits per heavy atom. The van der Waals surface area contributed by atoms with E-state index in [4.69, 9.17) is 4.98 Å². The minimum absolute atomic E-state index is 0.658. The molecule has 0 aliphatic carbocycles. The van der Waals surface area contributed by atoms with E-state index in [0.29, 0.717) is 5.82 Å². The molecule has 5 heteroatoms. The van der Waals surface area contributed by atoms with Crippen LogP contribution in [0.5, 0.6) is 0 Å². The first-order valence-corrected chi connectivity index (χ1v) is 7.76. The summed E-state index contributed by atoms with van der Waals surface area (Å²) in [5.74, 6) is 1.50. The molecule has 0 atom stereocenters. The summed E-state index contributed by atoms with van der Waals surface area (Å²) in [5, 5.41) is 4.28. The van der Waals surface area contributed by atoms with Crippen LogP contribution >= 0.6 is 22.6 Å². The maximum Gasteiger partial charge on any atom is 0.180 e. The Morgan fingerprint density at radius 2 is 1.81 bits per heavy atom. The van der Waals surface area contributed by atoms with Gasteiger partial charge in [-0.2, -0.15) is 0 Å². The van der Waals surface area contributed by atoms with E-state index in [1.807, 2.05) is 38.2 Å². The van der Waals surface area contributed by atoms with Crippen LogP contribution in [0, 0.1) is 17.4 Å². The second kappa shape index (κ2) is 5.55. The Bertz CT molecular complexity index is 830. The minimum Gasteiger partial charge on any atom is -0.372 e. The third-order valence-electron chi connectivity index (χ3n) is 3.41. The smallest absolute Gasteiger partial charge is 0.180 e. The van der Waals surface area contributed by atoms with Crippen LogP contribution in [-0.2, 0) is 0 Å². The summed E-state index contributed by atoms with van der Waals surface area (Å²) < 4.78 is 1.04. The zero-order chi connectivity index (χ0) is 15.0. The van der Waals surface area contributed by atoms with Gasteiger partial charge in [-0.15, -0.1) is 0 Å². The summed E-state index contributed by atoms with van der Waals surface area (Å²) in [6, 6.07) is 10.2. The molecule has 0 amide bonds. The van der Waals surface area contributed by atoms with Crippen molar-refractivity contribution in [1.29, 1.82) is 0 Å². The molecule has 0 saturated carbocycles. The summed E-state index contributed by atoms with van der Waals surface area (Å²) in [6.07, 6.45) is 0. The molecule has 0 aliphatic rings. The lowest BCUT2D eigenvalue weighted by atomic mass is 10.1. The van der Waals surface area contributed by atoms with Crippen LogP contribution in [0.4, 0.5) is 5.82 Å². The molecule has 0 saturated heterocycles. The molecule has 0 spiro atoms. The van der Waals surface area contributed by atoms with Gasteiger partial charge in [-0.3, -0.25) is 0 Å². The lowest BCUT2D eigenvalue weighted by molar-refractivity contribution is 1.07. The molecule has 21 heavy (non-hydrogen) atoms. The van der Waals surface area contributed by atoms with E-state index in [0.717, 1.165) is 31.7 Å². The van der Waals surface area contributed by atoms with Crippen LogP contribution in [0.25, 0.3) is 22.4 Å². The van der Waals surface area contributed by atoms with E-state index in [1.54, 1.807) is 0 Å². The van der Waals surface area contributed by atoms with E-state index in [-0.39, 0.29) is 0 Å². The number of benzene rings is 1. The molecule has 1 N–H and O–H groups in total. The summed E-state index contributed by atoms with van der Waals surface area (Å²) in [6.45, 7) is 4.08. The van der Waals surface area contributed by atoms with Crippen molar-refractivity contribution in [1.82, 2.24) is 15.0 Å². The molecule has 106 valence electrons. The number of rotatable bonds is 2. The highest BCUT2D eigenvalue weighted by atomic mass is 127. The molecule has 0 radical (unpaired) electrons. The normalized spacial score (nSPS) is 10.9. The van der Waals surface area contributed by atoms with Crippen molar-refractivity contribution in [2.24, 2.45) is 0 Å². The van der Waals surface area contributed by atoms with Gasteiger partial charge in [0.25, 0.3) is 0 Å². The van der Waals surface area contributed by atoms with Crippen molar-refractivity contribution >= 4 is 39.3 Å². The minimum atomic E-state index is 0.658. The van der Waals surface area contributed by atoms with Crippen LogP contribution in [0.2, 0.25) is 0 Å². The second-order valence-electron chi connectivity index (χ2n) is 4.89. The van der Waals surface area contributed by atoms with Gasteiger partial charge in [0.05, 0.1) is 14.8 Å². The quantitative estimate of drug-likeness (QED) is 0.674. The van der Waals surface area contributed by atoms with Crippen molar-refractivity contribution in [2.45, 2.75) is 13.8 Å². The Labute approximate surface area is 137 Å². The van der Waals surface area contributed by atoms with E-state index < -0.39 is 0 Å². The maximum atomic E-state index is 4.70. The van der Waals surface area contributed by atoms with Crippen molar-refractivity contribution in [3.05, 3.63) is 45.2 Å². The molecule has 1 aromatic carbocycles. The predicted molar refractivity (Wildman–Crippen MR) is 94.5 cm³/mol. The molecule has 2 heterocycles. The van der Waals surface area contributed by atoms with Gasteiger partial charge in [-0.1, -0.05) is 18.2 Å². The number of nitrogens with zero attached hydrogens (tertiary/aromatic N) is 3. The van der Waals surface area contributed by atoms with E-state index in [2.05, 4.69) is 50.9 Å². The molecule has 0 fully saturated rings. The number of aryl methyl sites for hydroxylation is 2. The van der Waals surface area contributed by atoms with E-state index in [1.165, 1.54) is 5.56 Å². The van der Waals surface area contributed by atoms with Gasteiger partial charge < -0.3 is 5.32 Å². The fourth-order valence-electron chi connectivity index (χ4n) is 2.30. The van der Waals surface area contributed by atoms with Crippen LogP contribution in [-0.4, -0.2) is 22.0 Å². The zero-order valence-electron chi connectivity index (χ0n) is 12.1. The second-order valence-corrected chi connectivity index (χ2v) is 5.97. The molecule has 2 aromatic heterocycles. The van der Waals surface area contributed by atoms with Gasteiger partial charge in [0.15, 0.2) is 5.82 Å². The lowest BCUT2D eigenvalue weighted by Crippen LogP contribution is -2.03. The Morgan fingerprint density at radius 1 is 1.05 bits per heavy atom. The highest BCUT2D eigenvalue weighted by Crippen LogP contribution is 2.25. The molecule has 0 unspecified atom stereocenters. The number of anilines is 1. The van der Waals surface area contributed by atoms with Crippen molar-refractivity contribution in [3.63, 3.8) is 0 Å². The molecule has 0 aliphatic heterocycles. The first-order valence-electron chi connectivity index (χ1n) is 6.69. The number of halogens is 1. The average molecular weight is 390 g/mol. The van der Waals surface area contributed by atoms with Crippen LogP contribution in [0.15, 0.2) is 30.3 Å². The molecule has 3 rings (SSSR count). The zero-order valence-corrected chi connectivity index (χ0v) is 14.3. The van der Waals surface area contributed by atoms with Gasteiger partial charge >= 0.3 is 0 Å². The topological polar surface area (TPSA) is 50.7 Å². The molecule has 3 aromatic rings. The summed E-state index contributed by atoms with van der Waals surface area (Å²) in [4.78, 5) is 13.9. The van der Waals surface area contributed by atoms with Crippen molar-refractivity contribution < 1.29 is 0 Å². The van der Waals surface area contributed by atoms with Gasteiger partial charge in [0.2, 0.25) is 0 Å². The fraction of sp³-hybridized carbons (Fsp3) is 0.188. The number of para-hydroxylation sites is 1. The van der Waals surface area contributed by atoms with Gasteiger partial charge in [-0.05, 0) is 54.1 Å². The third kappa shape index (κ3) is 2.57. The number of hydrogen-bond acceptors (Lipinski definition) is 4. The highest BCUT2D eigenvalue weighted by molar-refractivity contribution is 14.1. The SMILES string of the molecule is CNc1nc(-c2cc(C)c3ccccc3n2)nc(C)c1I. The predicted octanol–water partition coefficient (Wildman–Crippen LogP) is 3.95. The van der Waals surface area contributed by atoms with Crippen LogP contribution < -0.4 is 5.32 Å². The number of aromatic nitrogens is 3. The number of hydrogen-bond donors (Lipinski definition) is 1. The van der Waals surface area contributed by atoms with Gasteiger partial charge in [0, 0.05) is 12.4 Å². The fourth-order valence-corrected chi connectivity index (χ4v) is 2.81. The molecule has 4 nitrogen and oxygen atoms in total. The van der Waals surface area contributed by atoms with Gasteiger partial charge in [-0.25, -0.2) is 15.0 Å². The number of fused-ring (bicyclic) bond motifs is 1. The largest absolute Gasteiger partial charge is 0.372 e. The van der Waals surface area contributed by atoms with E-state index >= 15 is 0 Å². The molecular weight excluding hydrogens is 375 g/mol. The summed E-state index contributed by atoms with van der Waals surface area (Å²) >= 11 is 2.25. The van der Waals surface area contributed by atoms with Gasteiger partial charge in [0.1, 0.15) is 11.5 Å². The van der Waals surface area contributed by atoms with Crippen LogP contribution in [0.1, 0.15) is 11.3 Å². The Balaban J connectivity index is 2.23. The molecule has 0 bridgehead atoms. The van der Waals surface area contributed by atoms with Crippen molar-refractivity contribution in [2.75, 3.05) is 12.4 Å². The summed E-state index contributed by atoms with van der Waals surface area (Å²) in [7, 11) is 1.87. The van der Waals surface area contributed by atoms with Crippen LogP contribution in [0.3, 0.4) is 0 Å².